The number of para-hydroxylation sites is 1. The molecule has 0 unspecified atom stereocenters. The predicted octanol–water partition coefficient (Wildman–Crippen LogP) is 3.17. The van der Waals surface area contributed by atoms with Crippen LogP contribution in [0, 0.1) is 0 Å². The van der Waals surface area contributed by atoms with Crippen molar-refractivity contribution in [2.45, 2.75) is 13.5 Å². The van der Waals surface area contributed by atoms with Crippen molar-refractivity contribution < 1.29 is 14.3 Å². The molecule has 1 heterocycles. The number of benzene rings is 2. The molecule has 0 radical (unpaired) electrons. The number of ether oxygens (including phenoxy) is 1. The van der Waals surface area contributed by atoms with E-state index >= 15 is 0 Å². The Bertz CT molecular complexity index is 833. The van der Waals surface area contributed by atoms with Crippen LogP contribution in [0.25, 0.3) is 21.8 Å². The van der Waals surface area contributed by atoms with Crippen LogP contribution in [0.1, 0.15) is 17.3 Å². The molecule has 0 saturated heterocycles. The van der Waals surface area contributed by atoms with Crippen LogP contribution in [-0.2, 0) is 16.1 Å². The quantitative estimate of drug-likeness (QED) is 0.545. The van der Waals surface area contributed by atoms with E-state index in [0.29, 0.717) is 12.2 Å². The summed E-state index contributed by atoms with van der Waals surface area (Å²) in [5.41, 5.74) is 2.51. The first-order valence-corrected chi connectivity index (χ1v) is 6.86. The SMILES string of the molecule is CCOC(=O)Cn1c2ccccc2c2cc(C=O)ccc21. The van der Waals surface area contributed by atoms with Gasteiger partial charge in [0.15, 0.2) is 0 Å². The van der Waals surface area contributed by atoms with Gasteiger partial charge in [0, 0.05) is 27.4 Å². The average Bonchev–Trinajstić information content (AvgIpc) is 2.81. The van der Waals surface area contributed by atoms with Gasteiger partial charge in [-0.3, -0.25) is 9.59 Å². The molecular formula is C17H15NO3. The van der Waals surface area contributed by atoms with Crippen molar-refractivity contribution in [2.24, 2.45) is 0 Å². The highest BCUT2D eigenvalue weighted by Gasteiger charge is 2.13. The summed E-state index contributed by atoms with van der Waals surface area (Å²) in [4.78, 5) is 22.8. The highest BCUT2D eigenvalue weighted by Crippen LogP contribution is 2.29. The van der Waals surface area contributed by atoms with Gasteiger partial charge in [0.25, 0.3) is 0 Å². The Balaban J connectivity index is 2.25. The number of carbonyl (C=O) groups excluding carboxylic acids is 2. The van der Waals surface area contributed by atoms with Crippen LogP contribution in [0.3, 0.4) is 0 Å². The molecule has 1 aromatic heterocycles. The van der Waals surface area contributed by atoms with Crippen LogP contribution in [0.2, 0.25) is 0 Å². The molecule has 0 fully saturated rings. The minimum Gasteiger partial charge on any atom is -0.465 e. The molecule has 3 rings (SSSR count). The zero-order valence-corrected chi connectivity index (χ0v) is 11.7. The molecular weight excluding hydrogens is 266 g/mol. The van der Waals surface area contributed by atoms with E-state index in [2.05, 4.69) is 0 Å². The summed E-state index contributed by atoms with van der Waals surface area (Å²) >= 11 is 0. The lowest BCUT2D eigenvalue weighted by molar-refractivity contribution is -0.143. The van der Waals surface area contributed by atoms with E-state index in [9.17, 15) is 9.59 Å². The van der Waals surface area contributed by atoms with E-state index in [1.54, 1.807) is 13.0 Å². The van der Waals surface area contributed by atoms with Crippen molar-refractivity contribution in [1.82, 2.24) is 4.57 Å². The molecule has 0 aliphatic heterocycles. The van der Waals surface area contributed by atoms with E-state index in [4.69, 9.17) is 4.74 Å². The van der Waals surface area contributed by atoms with Gasteiger partial charge >= 0.3 is 5.97 Å². The fourth-order valence-electron chi connectivity index (χ4n) is 2.65. The fraction of sp³-hybridized carbons (Fsp3) is 0.176. The molecule has 0 N–H and O–H groups in total. The molecule has 0 amide bonds. The molecule has 0 spiro atoms. The number of aldehydes is 1. The number of carbonyl (C=O) groups is 2. The average molecular weight is 281 g/mol. The van der Waals surface area contributed by atoms with Crippen LogP contribution in [0.15, 0.2) is 42.5 Å². The standard InChI is InChI=1S/C17H15NO3/c1-2-21-17(20)10-18-15-6-4-3-5-13(15)14-9-12(11-19)7-8-16(14)18/h3-9,11H,2,10H2,1H3. The number of fused-ring (bicyclic) bond motifs is 3. The van der Waals surface area contributed by atoms with Crippen LogP contribution in [0.4, 0.5) is 0 Å². The Hall–Kier alpha value is -2.62. The van der Waals surface area contributed by atoms with Crippen molar-refractivity contribution in [3.63, 3.8) is 0 Å². The van der Waals surface area contributed by atoms with Gasteiger partial charge in [-0.25, -0.2) is 0 Å². The lowest BCUT2D eigenvalue weighted by atomic mass is 10.1. The maximum Gasteiger partial charge on any atom is 0.325 e. The monoisotopic (exact) mass is 281 g/mol. The van der Waals surface area contributed by atoms with Crippen LogP contribution in [-0.4, -0.2) is 23.4 Å². The van der Waals surface area contributed by atoms with E-state index in [-0.39, 0.29) is 12.5 Å². The molecule has 4 nitrogen and oxygen atoms in total. The molecule has 21 heavy (non-hydrogen) atoms. The first-order valence-electron chi connectivity index (χ1n) is 6.86. The highest BCUT2D eigenvalue weighted by atomic mass is 16.5. The van der Waals surface area contributed by atoms with Gasteiger partial charge in [0.1, 0.15) is 12.8 Å². The van der Waals surface area contributed by atoms with Gasteiger partial charge in [-0.2, -0.15) is 0 Å². The Morgan fingerprint density at radius 3 is 2.67 bits per heavy atom. The van der Waals surface area contributed by atoms with Crippen molar-refractivity contribution in [3.05, 3.63) is 48.0 Å². The first-order chi connectivity index (χ1) is 10.2. The molecule has 3 aromatic rings. The van der Waals surface area contributed by atoms with Crippen LogP contribution >= 0.6 is 0 Å². The van der Waals surface area contributed by atoms with Crippen molar-refractivity contribution >= 4 is 34.1 Å². The molecule has 106 valence electrons. The second-order valence-electron chi connectivity index (χ2n) is 4.80. The first kappa shape index (κ1) is 13.4. The summed E-state index contributed by atoms with van der Waals surface area (Å²) in [6.45, 7) is 2.32. The number of rotatable bonds is 4. The third kappa shape index (κ3) is 2.29. The maximum atomic E-state index is 11.8. The Morgan fingerprint density at radius 2 is 1.90 bits per heavy atom. The summed E-state index contributed by atoms with van der Waals surface area (Å²) in [6, 6.07) is 13.3. The lowest BCUT2D eigenvalue weighted by Crippen LogP contribution is -2.13. The lowest BCUT2D eigenvalue weighted by Gasteiger charge is -2.06. The minimum absolute atomic E-state index is 0.165. The predicted molar refractivity (Wildman–Crippen MR) is 81.5 cm³/mol. The summed E-state index contributed by atoms with van der Waals surface area (Å²) in [5, 5.41) is 2.00. The van der Waals surface area contributed by atoms with Crippen LogP contribution in [0.5, 0.6) is 0 Å². The molecule has 0 aliphatic rings. The molecule has 4 heteroatoms. The van der Waals surface area contributed by atoms with E-state index in [0.717, 1.165) is 28.1 Å². The Kier molecular flexibility index (Phi) is 3.44. The second-order valence-corrected chi connectivity index (χ2v) is 4.80. The van der Waals surface area contributed by atoms with Crippen molar-refractivity contribution in [2.75, 3.05) is 6.61 Å². The van der Waals surface area contributed by atoms with Gasteiger partial charge in [-0.15, -0.1) is 0 Å². The van der Waals surface area contributed by atoms with Crippen LogP contribution < -0.4 is 0 Å². The number of aromatic nitrogens is 1. The summed E-state index contributed by atoms with van der Waals surface area (Å²) in [5.74, 6) is -0.264. The fourth-order valence-corrected chi connectivity index (χ4v) is 2.65. The third-order valence-corrected chi connectivity index (χ3v) is 3.53. The molecule has 0 aliphatic carbocycles. The van der Waals surface area contributed by atoms with Crippen molar-refractivity contribution in [1.29, 1.82) is 0 Å². The van der Waals surface area contributed by atoms with E-state index < -0.39 is 0 Å². The summed E-state index contributed by atoms with van der Waals surface area (Å²) in [6.07, 6.45) is 0.830. The highest BCUT2D eigenvalue weighted by molar-refractivity contribution is 6.09. The summed E-state index contributed by atoms with van der Waals surface area (Å²) in [7, 11) is 0. The maximum absolute atomic E-state index is 11.8. The third-order valence-electron chi connectivity index (χ3n) is 3.53. The molecule has 0 atom stereocenters. The largest absolute Gasteiger partial charge is 0.465 e. The van der Waals surface area contributed by atoms with E-state index in [1.807, 2.05) is 41.0 Å². The smallest absolute Gasteiger partial charge is 0.325 e. The summed E-state index contributed by atoms with van der Waals surface area (Å²) < 4.78 is 6.97. The van der Waals surface area contributed by atoms with Crippen molar-refractivity contribution in [3.8, 4) is 0 Å². The number of hydrogen-bond acceptors (Lipinski definition) is 3. The number of esters is 1. The van der Waals surface area contributed by atoms with Gasteiger partial charge < -0.3 is 9.30 Å². The minimum atomic E-state index is -0.264. The molecule has 2 aromatic carbocycles. The number of hydrogen-bond donors (Lipinski definition) is 0. The zero-order valence-electron chi connectivity index (χ0n) is 11.7. The van der Waals surface area contributed by atoms with Gasteiger partial charge in [-0.05, 0) is 31.2 Å². The zero-order chi connectivity index (χ0) is 14.8. The molecule has 0 bridgehead atoms. The second kappa shape index (κ2) is 5.40. The van der Waals surface area contributed by atoms with Gasteiger partial charge in [-0.1, -0.05) is 18.2 Å². The van der Waals surface area contributed by atoms with Gasteiger partial charge in [0.2, 0.25) is 0 Å². The Labute approximate surface area is 121 Å². The number of nitrogens with zero attached hydrogens (tertiary/aromatic N) is 1. The topological polar surface area (TPSA) is 48.3 Å². The normalized spacial score (nSPS) is 10.9. The van der Waals surface area contributed by atoms with E-state index in [1.165, 1.54) is 0 Å². The van der Waals surface area contributed by atoms with Gasteiger partial charge in [0.05, 0.1) is 6.61 Å². The Morgan fingerprint density at radius 1 is 1.14 bits per heavy atom. The molecule has 0 saturated carbocycles.